The van der Waals surface area contributed by atoms with E-state index in [1.54, 1.807) is 6.07 Å². The second-order valence-electron chi connectivity index (χ2n) is 5.91. The molecule has 120 valence electrons. The molecule has 1 N–H and O–H groups in total. The van der Waals surface area contributed by atoms with E-state index in [0.717, 1.165) is 22.8 Å². The zero-order chi connectivity index (χ0) is 16.0. The molecule has 2 aromatic heterocycles. The number of nitrogens with zero attached hydrogens (tertiary/aromatic N) is 2. The molecule has 0 amide bonds. The minimum atomic E-state index is -0.801. The number of rotatable bonds is 2. The number of hydrogen-bond acceptors (Lipinski definition) is 4. The predicted molar refractivity (Wildman–Crippen MR) is 89.2 cm³/mol. The van der Waals surface area contributed by atoms with Crippen LogP contribution in [0.5, 0.6) is 0 Å². The first-order chi connectivity index (χ1) is 11.1. The Morgan fingerprint density at radius 1 is 1.48 bits per heavy atom. The number of furan rings is 1. The van der Waals surface area contributed by atoms with Gasteiger partial charge in [0.2, 0.25) is 5.58 Å². The van der Waals surface area contributed by atoms with Gasteiger partial charge in [0, 0.05) is 16.4 Å². The van der Waals surface area contributed by atoms with Gasteiger partial charge in [-0.25, -0.2) is 9.37 Å². The number of piperidine rings is 1. The molecule has 0 bridgehead atoms. The van der Waals surface area contributed by atoms with Crippen molar-refractivity contribution in [1.29, 1.82) is 0 Å². The molecule has 1 aliphatic heterocycles. The minimum absolute atomic E-state index is 0.226. The molecule has 1 fully saturated rings. The van der Waals surface area contributed by atoms with Crippen LogP contribution in [0.1, 0.15) is 18.7 Å². The highest BCUT2D eigenvalue weighted by Crippen LogP contribution is 2.28. The van der Waals surface area contributed by atoms with Crippen molar-refractivity contribution >= 4 is 38.0 Å². The largest absolute Gasteiger partial charge is 0.449 e. The fourth-order valence-corrected chi connectivity index (χ4v) is 3.46. The van der Waals surface area contributed by atoms with E-state index in [0.29, 0.717) is 36.4 Å². The fraction of sp³-hybridized carbons (Fsp3) is 0.375. The van der Waals surface area contributed by atoms with Crippen molar-refractivity contribution < 1.29 is 8.81 Å². The van der Waals surface area contributed by atoms with Crippen LogP contribution in [0.3, 0.4) is 0 Å². The van der Waals surface area contributed by atoms with Crippen LogP contribution in [0, 0.1) is 0 Å². The average molecular weight is 380 g/mol. The van der Waals surface area contributed by atoms with E-state index < -0.39 is 6.17 Å². The molecule has 0 spiro atoms. The molecule has 1 aliphatic rings. The van der Waals surface area contributed by atoms with Crippen LogP contribution >= 0.6 is 15.9 Å². The Balaban J connectivity index is 1.77. The molecule has 1 unspecified atom stereocenters. The molecule has 0 radical (unpaired) electrons. The summed E-state index contributed by atoms with van der Waals surface area (Å²) in [6.45, 7) is 1.64. The zero-order valence-corrected chi connectivity index (χ0v) is 13.9. The Labute approximate surface area is 139 Å². The first-order valence-electron chi connectivity index (χ1n) is 7.57. The van der Waals surface area contributed by atoms with Gasteiger partial charge in [0.1, 0.15) is 23.1 Å². The molecular weight excluding hydrogens is 365 g/mol. The van der Waals surface area contributed by atoms with Gasteiger partial charge in [-0.1, -0.05) is 15.9 Å². The average Bonchev–Trinajstić information content (AvgIpc) is 2.86. The quantitative estimate of drug-likeness (QED) is 0.741. The third-order valence-corrected chi connectivity index (χ3v) is 4.65. The molecule has 3 aromatic rings. The number of likely N-dealkylation sites (tertiary alicyclic amines) is 1. The number of fused-ring (bicyclic) bond motifs is 3. The van der Waals surface area contributed by atoms with E-state index in [-0.39, 0.29) is 11.1 Å². The summed E-state index contributed by atoms with van der Waals surface area (Å²) in [5, 5.41) is 0.795. The van der Waals surface area contributed by atoms with Crippen LogP contribution in [0.2, 0.25) is 0 Å². The number of benzene rings is 1. The Morgan fingerprint density at radius 3 is 3.17 bits per heavy atom. The molecule has 5 nitrogen and oxygen atoms in total. The van der Waals surface area contributed by atoms with Crippen molar-refractivity contribution in [2.75, 3.05) is 13.1 Å². The van der Waals surface area contributed by atoms with Crippen LogP contribution in [-0.2, 0) is 6.54 Å². The normalized spacial score (nSPS) is 19.7. The zero-order valence-electron chi connectivity index (χ0n) is 12.3. The third-order valence-electron chi connectivity index (χ3n) is 4.16. The topological polar surface area (TPSA) is 62.1 Å². The Kier molecular flexibility index (Phi) is 3.69. The second-order valence-corrected chi connectivity index (χ2v) is 6.82. The molecule has 7 heteroatoms. The number of halogens is 2. The smallest absolute Gasteiger partial charge is 0.294 e. The van der Waals surface area contributed by atoms with Crippen LogP contribution in [0.15, 0.2) is 31.9 Å². The highest BCUT2D eigenvalue weighted by molar-refractivity contribution is 9.10. The standard InChI is InChI=1S/C16H15BrFN3O2/c17-9-3-4-12-11(6-9)14-15(23-12)16(22)20-13(19-14)8-21-5-1-2-10(18)7-21/h3-4,6,10H,1-2,5,7-8H2,(H,19,20,22). The van der Waals surface area contributed by atoms with E-state index in [1.165, 1.54) is 0 Å². The van der Waals surface area contributed by atoms with E-state index in [1.807, 2.05) is 17.0 Å². The van der Waals surface area contributed by atoms with Crippen molar-refractivity contribution in [3.8, 4) is 0 Å². The van der Waals surface area contributed by atoms with Gasteiger partial charge >= 0.3 is 0 Å². The van der Waals surface area contributed by atoms with Crippen molar-refractivity contribution in [2.24, 2.45) is 0 Å². The van der Waals surface area contributed by atoms with Gasteiger partial charge in [0.05, 0.1) is 6.54 Å². The molecule has 1 atom stereocenters. The Bertz CT molecular complexity index is 936. The minimum Gasteiger partial charge on any atom is -0.449 e. The number of aromatic nitrogens is 2. The van der Waals surface area contributed by atoms with Crippen molar-refractivity contribution in [3.05, 3.63) is 38.9 Å². The second kappa shape index (κ2) is 5.72. The first-order valence-corrected chi connectivity index (χ1v) is 8.37. The van der Waals surface area contributed by atoms with Gasteiger partial charge < -0.3 is 9.40 Å². The highest BCUT2D eigenvalue weighted by Gasteiger charge is 2.21. The number of H-pyrrole nitrogens is 1. The summed E-state index contributed by atoms with van der Waals surface area (Å²) in [4.78, 5) is 21.6. The van der Waals surface area contributed by atoms with Gasteiger partial charge in [-0.05, 0) is 37.6 Å². The van der Waals surface area contributed by atoms with E-state index in [9.17, 15) is 9.18 Å². The van der Waals surface area contributed by atoms with E-state index >= 15 is 0 Å². The summed E-state index contributed by atoms with van der Waals surface area (Å²) in [5.41, 5.74) is 1.10. The molecule has 0 saturated carbocycles. The van der Waals surface area contributed by atoms with E-state index in [2.05, 4.69) is 25.9 Å². The number of alkyl halides is 1. The van der Waals surface area contributed by atoms with Crippen molar-refractivity contribution in [1.82, 2.24) is 14.9 Å². The molecular formula is C16H15BrFN3O2. The van der Waals surface area contributed by atoms with Crippen LogP contribution in [0.25, 0.3) is 22.1 Å². The molecule has 0 aliphatic carbocycles. The molecule has 1 saturated heterocycles. The number of nitrogens with one attached hydrogen (secondary N) is 1. The molecule has 4 rings (SSSR count). The van der Waals surface area contributed by atoms with Gasteiger partial charge in [-0.3, -0.25) is 9.69 Å². The maximum atomic E-state index is 13.5. The van der Waals surface area contributed by atoms with Crippen LogP contribution < -0.4 is 5.56 Å². The van der Waals surface area contributed by atoms with Crippen LogP contribution in [0.4, 0.5) is 4.39 Å². The monoisotopic (exact) mass is 379 g/mol. The summed E-state index contributed by atoms with van der Waals surface area (Å²) in [7, 11) is 0. The van der Waals surface area contributed by atoms with Gasteiger partial charge in [0.15, 0.2) is 0 Å². The lowest BCUT2D eigenvalue weighted by atomic mass is 10.1. The maximum Gasteiger partial charge on any atom is 0.294 e. The number of aromatic amines is 1. The highest BCUT2D eigenvalue weighted by atomic mass is 79.9. The lowest BCUT2D eigenvalue weighted by Gasteiger charge is -2.28. The Hall–Kier alpha value is -1.73. The van der Waals surface area contributed by atoms with E-state index in [4.69, 9.17) is 4.42 Å². The predicted octanol–water partition coefficient (Wildman–Crippen LogP) is 3.37. The molecule has 1 aromatic carbocycles. The summed E-state index contributed by atoms with van der Waals surface area (Å²) in [6, 6.07) is 5.54. The summed E-state index contributed by atoms with van der Waals surface area (Å²) >= 11 is 3.42. The van der Waals surface area contributed by atoms with Gasteiger partial charge in [-0.15, -0.1) is 0 Å². The summed E-state index contributed by atoms with van der Waals surface area (Å²) in [6.07, 6.45) is 0.639. The van der Waals surface area contributed by atoms with Gasteiger partial charge in [0.25, 0.3) is 5.56 Å². The van der Waals surface area contributed by atoms with Crippen LogP contribution in [-0.4, -0.2) is 34.1 Å². The third kappa shape index (κ3) is 2.79. The number of hydrogen-bond donors (Lipinski definition) is 1. The summed E-state index contributed by atoms with van der Waals surface area (Å²) < 4.78 is 20.0. The lowest BCUT2D eigenvalue weighted by Crippen LogP contribution is -2.36. The van der Waals surface area contributed by atoms with Crippen molar-refractivity contribution in [3.63, 3.8) is 0 Å². The Morgan fingerprint density at radius 2 is 2.35 bits per heavy atom. The lowest BCUT2D eigenvalue weighted by molar-refractivity contribution is 0.130. The first kappa shape index (κ1) is 14.8. The fourth-order valence-electron chi connectivity index (χ4n) is 3.10. The van der Waals surface area contributed by atoms with Gasteiger partial charge in [-0.2, -0.15) is 0 Å². The SMILES string of the molecule is O=c1[nH]c(CN2CCCC(F)C2)nc2c1oc1ccc(Br)cc12. The maximum absolute atomic E-state index is 13.5. The molecule has 23 heavy (non-hydrogen) atoms. The molecule has 3 heterocycles. The van der Waals surface area contributed by atoms with Crippen molar-refractivity contribution in [2.45, 2.75) is 25.6 Å². The summed E-state index contributed by atoms with van der Waals surface area (Å²) in [5.74, 6) is 0.541.